The first-order chi connectivity index (χ1) is 20.0. The van der Waals surface area contributed by atoms with E-state index in [1.807, 2.05) is 24.3 Å². The molecule has 1 fully saturated rings. The number of carbonyl (C=O) groups excluding carboxylic acids is 1. The largest absolute Gasteiger partial charge is 0.475 e. The lowest BCUT2D eigenvalue weighted by molar-refractivity contribution is 0.0268. The van der Waals surface area contributed by atoms with Crippen molar-refractivity contribution in [2.45, 2.75) is 64.1 Å². The van der Waals surface area contributed by atoms with Crippen LogP contribution in [0.3, 0.4) is 0 Å². The first-order valence-corrected chi connectivity index (χ1v) is 14.1. The molecule has 0 radical (unpaired) electrons. The van der Waals surface area contributed by atoms with Gasteiger partial charge in [0.15, 0.2) is 0 Å². The highest BCUT2D eigenvalue weighted by Gasteiger charge is 2.27. The van der Waals surface area contributed by atoms with Gasteiger partial charge in [0.05, 0.1) is 39.1 Å². The fourth-order valence-electron chi connectivity index (χ4n) is 5.29. The number of ether oxygens (including phenoxy) is 1. The van der Waals surface area contributed by atoms with Gasteiger partial charge in [0.1, 0.15) is 12.3 Å². The van der Waals surface area contributed by atoms with Crippen LogP contribution in [0.5, 0.6) is 5.88 Å². The Hall–Kier alpha value is -3.83. The van der Waals surface area contributed by atoms with E-state index in [0.717, 1.165) is 30.1 Å². The highest BCUT2D eigenvalue weighted by molar-refractivity contribution is 6.30. The molecule has 0 spiro atoms. The topological polar surface area (TPSA) is 111 Å². The van der Waals surface area contributed by atoms with Gasteiger partial charge in [0.2, 0.25) is 5.88 Å². The fourth-order valence-corrected chi connectivity index (χ4v) is 5.45. The third-order valence-corrected chi connectivity index (χ3v) is 7.55. The number of aromatic nitrogens is 4. The molecule has 1 aliphatic rings. The van der Waals surface area contributed by atoms with Gasteiger partial charge in [-0.2, -0.15) is 0 Å². The number of carbonyl (C=O) groups is 1. The van der Waals surface area contributed by atoms with Crippen molar-refractivity contribution >= 4 is 28.5 Å². The third kappa shape index (κ3) is 6.63. The number of imidazole rings is 1. The van der Waals surface area contributed by atoms with Crippen molar-refractivity contribution < 1.29 is 23.4 Å². The molecular weight excluding hydrogens is 568 g/mol. The average Bonchev–Trinajstić information content (AvgIpc) is 3.23. The number of pyridine rings is 2. The monoisotopic (exact) mass is 599 g/mol. The molecule has 222 valence electrons. The van der Waals surface area contributed by atoms with Crippen LogP contribution in [0.25, 0.3) is 16.7 Å². The van der Waals surface area contributed by atoms with E-state index in [-0.39, 0.29) is 34.8 Å². The molecule has 1 aromatic carbocycles. The standard InChI is InChI=1S/C30H32ClF2N5O4/c1-30(2,41)17-42-25-12-11-21(15-34-25)38-24-6-4-3-5-23(24)37(29(38)40)16-18-7-9-20(10-8-18)36-28(39)22-13-19(31)14-35-26(22)27(32)33/h3-6,11-15,18,20,27,41H,7-10,16-17H2,1-2H3,(H,36,39)/t18-,20-. The summed E-state index contributed by atoms with van der Waals surface area (Å²) in [6.45, 7) is 3.87. The Labute approximate surface area is 246 Å². The first-order valence-electron chi connectivity index (χ1n) is 13.8. The minimum Gasteiger partial charge on any atom is -0.475 e. The van der Waals surface area contributed by atoms with Gasteiger partial charge in [0, 0.05) is 24.8 Å². The van der Waals surface area contributed by atoms with Crippen LogP contribution in [-0.4, -0.2) is 48.4 Å². The molecule has 2 N–H and O–H groups in total. The van der Waals surface area contributed by atoms with Crippen LogP contribution < -0.4 is 15.7 Å². The van der Waals surface area contributed by atoms with Gasteiger partial charge in [-0.15, -0.1) is 0 Å². The zero-order valence-electron chi connectivity index (χ0n) is 23.3. The van der Waals surface area contributed by atoms with Crippen molar-refractivity contribution in [3.8, 4) is 11.6 Å². The molecule has 4 aromatic rings. The predicted octanol–water partition coefficient (Wildman–Crippen LogP) is 5.31. The highest BCUT2D eigenvalue weighted by Crippen LogP contribution is 2.29. The van der Waals surface area contributed by atoms with E-state index in [1.165, 1.54) is 6.07 Å². The first kappa shape index (κ1) is 29.7. The summed E-state index contributed by atoms with van der Waals surface area (Å²) in [4.78, 5) is 34.4. The average molecular weight is 600 g/mol. The number of rotatable bonds is 9. The maximum absolute atomic E-state index is 13.7. The number of benzene rings is 1. The van der Waals surface area contributed by atoms with Crippen molar-refractivity contribution in [3.63, 3.8) is 0 Å². The molecule has 0 saturated heterocycles. The van der Waals surface area contributed by atoms with E-state index in [4.69, 9.17) is 16.3 Å². The Balaban J connectivity index is 1.28. The highest BCUT2D eigenvalue weighted by atomic mass is 35.5. The van der Waals surface area contributed by atoms with E-state index in [2.05, 4.69) is 15.3 Å². The Morgan fingerprint density at radius 1 is 1.12 bits per heavy atom. The van der Waals surface area contributed by atoms with Crippen LogP contribution in [0.4, 0.5) is 8.78 Å². The Bertz CT molecular complexity index is 1620. The van der Waals surface area contributed by atoms with Crippen molar-refractivity contribution in [3.05, 3.63) is 81.6 Å². The van der Waals surface area contributed by atoms with Crippen molar-refractivity contribution in [1.29, 1.82) is 0 Å². The summed E-state index contributed by atoms with van der Waals surface area (Å²) < 4.78 is 35.7. The maximum Gasteiger partial charge on any atom is 0.333 e. The molecule has 42 heavy (non-hydrogen) atoms. The van der Waals surface area contributed by atoms with Crippen LogP contribution in [0.1, 0.15) is 62.0 Å². The number of amides is 1. The summed E-state index contributed by atoms with van der Waals surface area (Å²) >= 11 is 5.90. The molecule has 3 aromatic heterocycles. The lowest BCUT2D eigenvalue weighted by atomic mass is 9.85. The van der Waals surface area contributed by atoms with Crippen LogP contribution in [0.15, 0.2) is 59.7 Å². The quantitative estimate of drug-likeness (QED) is 0.270. The van der Waals surface area contributed by atoms with E-state index >= 15 is 0 Å². The second kappa shape index (κ2) is 12.2. The van der Waals surface area contributed by atoms with Crippen LogP contribution in [0.2, 0.25) is 5.02 Å². The summed E-state index contributed by atoms with van der Waals surface area (Å²) in [6, 6.07) is 12.0. The Kier molecular flexibility index (Phi) is 8.60. The zero-order chi connectivity index (χ0) is 30.0. The van der Waals surface area contributed by atoms with Crippen molar-refractivity contribution in [2.24, 2.45) is 5.92 Å². The van der Waals surface area contributed by atoms with Gasteiger partial charge < -0.3 is 15.2 Å². The van der Waals surface area contributed by atoms with Gasteiger partial charge in [-0.05, 0) is 69.7 Å². The van der Waals surface area contributed by atoms with Gasteiger partial charge in [0.25, 0.3) is 12.3 Å². The van der Waals surface area contributed by atoms with Crippen molar-refractivity contribution in [1.82, 2.24) is 24.4 Å². The predicted molar refractivity (Wildman–Crippen MR) is 155 cm³/mol. The number of halogens is 3. The van der Waals surface area contributed by atoms with Gasteiger partial charge >= 0.3 is 5.69 Å². The number of fused-ring (bicyclic) bond motifs is 1. The SMILES string of the molecule is CC(C)(O)COc1ccc(-n2c(=O)n(C[C@H]3CC[C@H](NC(=O)c4cc(Cl)cnc4C(F)F)CC3)c3ccccc32)cn1. The number of alkyl halides is 2. The minimum absolute atomic E-state index is 0.0824. The van der Waals surface area contributed by atoms with Crippen LogP contribution in [-0.2, 0) is 6.54 Å². The molecule has 0 unspecified atom stereocenters. The lowest BCUT2D eigenvalue weighted by Gasteiger charge is -2.29. The molecule has 9 nitrogen and oxygen atoms in total. The molecule has 1 saturated carbocycles. The minimum atomic E-state index is -2.89. The number of nitrogens with zero attached hydrogens (tertiary/aromatic N) is 4. The fraction of sp³-hybridized carbons (Fsp3) is 0.400. The molecule has 0 atom stereocenters. The van der Waals surface area contributed by atoms with Gasteiger partial charge in [-0.25, -0.2) is 18.6 Å². The summed E-state index contributed by atoms with van der Waals surface area (Å²) in [7, 11) is 0. The maximum atomic E-state index is 13.7. The van der Waals surface area contributed by atoms with Crippen molar-refractivity contribution in [2.75, 3.05) is 6.61 Å². The normalized spacial score (nSPS) is 17.5. The number of hydrogen-bond donors (Lipinski definition) is 2. The molecule has 12 heteroatoms. The van der Waals surface area contributed by atoms with E-state index < -0.39 is 23.6 Å². The summed E-state index contributed by atoms with van der Waals surface area (Å²) in [5.74, 6) is -0.0815. The summed E-state index contributed by atoms with van der Waals surface area (Å²) in [5.41, 5.74) is 0.148. The Morgan fingerprint density at radius 2 is 1.83 bits per heavy atom. The molecule has 0 aliphatic heterocycles. The molecule has 0 bridgehead atoms. The number of aliphatic hydroxyl groups is 1. The number of nitrogens with one attached hydrogen (secondary N) is 1. The van der Waals surface area contributed by atoms with Gasteiger partial charge in [-0.1, -0.05) is 23.7 Å². The lowest BCUT2D eigenvalue weighted by Crippen LogP contribution is -2.39. The Morgan fingerprint density at radius 3 is 2.48 bits per heavy atom. The second-order valence-electron chi connectivity index (χ2n) is 11.3. The molecule has 1 aliphatic carbocycles. The van der Waals surface area contributed by atoms with Gasteiger partial charge in [-0.3, -0.25) is 18.9 Å². The number of para-hydroxylation sites is 2. The summed E-state index contributed by atoms with van der Waals surface area (Å²) in [6.07, 6.45) is 2.59. The van der Waals surface area contributed by atoms with Crippen LogP contribution >= 0.6 is 11.6 Å². The molecule has 5 rings (SSSR count). The smallest absolute Gasteiger partial charge is 0.333 e. The zero-order valence-corrected chi connectivity index (χ0v) is 24.0. The van der Waals surface area contributed by atoms with E-state index in [1.54, 1.807) is 41.3 Å². The molecular formula is C30H32ClF2N5O4. The van der Waals surface area contributed by atoms with E-state index in [9.17, 15) is 23.5 Å². The number of hydrogen-bond acceptors (Lipinski definition) is 6. The molecule has 3 heterocycles. The van der Waals surface area contributed by atoms with E-state index in [0.29, 0.717) is 31.0 Å². The van der Waals surface area contributed by atoms with Crippen LogP contribution in [0, 0.1) is 5.92 Å². The third-order valence-electron chi connectivity index (χ3n) is 7.35. The summed E-state index contributed by atoms with van der Waals surface area (Å²) in [5, 5.41) is 12.9. The second-order valence-corrected chi connectivity index (χ2v) is 11.7. The molecule has 1 amide bonds.